The van der Waals surface area contributed by atoms with Crippen LogP contribution >= 0.6 is 0 Å². The Bertz CT molecular complexity index is 745. The number of hydrogen-bond acceptors (Lipinski definition) is 5. The first kappa shape index (κ1) is 17.7. The molecule has 0 saturated carbocycles. The summed E-state index contributed by atoms with van der Waals surface area (Å²) in [5, 5.41) is 8.10. The molecule has 0 saturated heterocycles. The highest BCUT2D eigenvalue weighted by Crippen LogP contribution is 2.30. The van der Waals surface area contributed by atoms with Gasteiger partial charge in [0.25, 0.3) is 5.91 Å². The van der Waals surface area contributed by atoms with Crippen molar-refractivity contribution in [1.82, 2.24) is 16.0 Å². The summed E-state index contributed by atoms with van der Waals surface area (Å²) in [6, 6.07) is 8.70. The zero-order chi connectivity index (χ0) is 18.2. The van der Waals surface area contributed by atoms with Crippen LogP contribution in [0.5, 0.6) is 11.5 Å². The summed E-state index contributed by atoms with van der Waals surface area (Å²) in [5.41, 5.74) is 1.06. The fraction of sp³-hybridized carbons (Fsp3) is 0.333. The van der Waals surface area contributed by atoms with Crippen LogP contribution in [0.15, 0.2) is 41.0 Å². The number of fused-ring (bicyclic) bond motifs is 1. The molecule has 8 heteroatoms. The minimum atomic E-state index is -0.309. The molecule has 1 aliphatic rings. The fourth-order valence-corrected chi connectivity index (χ4v) is 2.47. The lowest BCUT2D eigenvalue weighted by Gasteiger charge is -2.18. The molecule has 8 nitrogen and oxygen atoms in total. The van der Waals surface area contributed by atoms with Gasteiger partial charge in [0.15, 0.2) is 17.3 Å². The molecule has 1 aliphatic heterocycles. The van der Waals surface area contributed by atoms with E-state index in [4.69, 9.17) is 13.9 Å². The molecule has 138 valence electrons. The van der Waals surface area contributed by atoms with Crippen molar-refractivity contribution in [2.45, 2.75) is 6.42 Å². The number of furan rings is 1. The number of hydrogen-bond donors (Lipinski definition) is 3. The number of nitrogens with one attached hydrogen (secondary N) is 3. The van der Waals surface area contributed by atoms with Crippen LogP contribution in [0.25, 0.3) is 0 Å². The molecule has 0 unspecified atom stereocenters. The van der Waals surface area contributed by atoms with E-state index in [0.717, 1.165) is 17.1 Å². The zero-order valence-electron chi connectivity index (χ0n) is 14.2. The minimum absolute atomic E-state index is 0.244. The highest BCUT2D eigenvalue weighted by Gasteiger charge is 2.11. The number of urea groups is 1. The van der Waals surface area contributed by atoms with Crippen molar-refractivity contribution in [1.29, 1.82) is 0 Å². The first-order chi connectivity index (χ1) is 12.7. The first-order valence-electron chi connectivity index (χ1n) is 8.44. The Labute approximate surface area is 150 Å². The molecule has 3 rings (SSSR count). The van der Waals surface area contributed by atoms with Gasteiger partial charge >= 0.3 is 6.03 Å². The summed E-state index contributed by atoms with van der Waals surface area (Å²) in [6.07, 6.45) is 2.11. The van der Waals surface area contributed by atoms with Crippen LogP contribution in [-0.2, 0) is 6.42 Å². The van der Waals surface area contributed by atoms with Crippen molar-refractivity contribution in [3.8, 4) is 11.5 Å². The SMILES string of the molecule is O=C(NCCNC(=O)c1ccco1)NCCc1ccc2c(c1)OCCO2. The summed E-state index contributed by atoms with van der Waals surface area (Å²) in [7, 11) is 0. The van der Waals surface area contributed by atoms with Crippen molar-refractivity contribution in [3.05, 3.63) is 47.9 Å². The standard InChI is InChI=1S/C18H21N3O5/c22-17(15-2-1-9-24-15)19-7-8-21-18(23)20-6-5-13-3-4-14-16(12-13)26-11-10-25-14/h1-4,9,12H,5-8,10-11H2,(H,19,22)(H2,20,21,23). The third-order valence-corrected chi connectivity index (χ3v) is 3.75. The molecule has 0 bridgehead atoms. The predicted molar refractivity (Wildman–Crippen MR) is 93.6 cm³/mol. The van der Waals surface area contributed by atoms with E-state index in [9.17, 15) is 9.59 Å². The molecular weight excluding hydrogens is 338 g/mol. The van der Waals surface area contributed by atoms with Crippen LogP contribution in [0.3, 0.4) is 0 Å². The number of carbonyl (C=O) groups excluding carboxylic acids is 2. The lowest BCUT2D eigenvalue weighted by Crippen LogP contribution is -2.40. The van der Waals surface area contributed by atoms with E-state index in [1.54, 1.807) is 12.1 Å². The average Bonchev–Trinajstić information content (AvgIpc) is 3.20. The van der Waals surface area contributed by atoms with E-state index in [1.807, 2.05) is 18.2 Å². The van der Waals surface area contributed by atoms with Crippen LogP contribution in [0, 0.1) is 0 Å². The third kappa shape index (κ3) is 4.92. The van der Waals surface area contributed by atoms with E-state index in [0.29, 0.717) is 39.3 Å². The molecule has 1 aromatic heterocycles. The molecule has 2 heterocycles. The minimum Gasteiger partial charge on any atom is -0.486 e. The lowest BCUT2D eigenvalue weighted by molar-refractivity contribution is 0.0926. The van der Waals surface area contributed by atoms with Crippen molar-refractivity contribution in [3.63, 3.8) is 0 Å². The van der Waals surface area contributed by atoms with Crippen molar-refractivity contribution in [2.75, 3.05) is 32.8 Å². The van der Waals surface area contributed by atoms with E-state index < -0.39 is 0 Å². The van der Waals surface area contributed by atoms with Gasteiger partial charge < -0.3 is 29.8 Å². The molecule has 0 radical (unpaired) electrons. The Morgan fingerprint density at radius 2 is 1.69 bits per heavy atom. The molecular formula is C18H21N3O5. The van der Waals surface area contributed by atoms with Crippen molar-refractivity contribution in [2.24, 2.45) is 0 Å². The predicted octanol–water partition coefficient (Wildman–Crippen LogP) is 1.32. The van der Waals surface area contributed by atoms with Gasteiger partial charge in [-0.15, -0.1) is 0 Å². The Balaban J connectivity index is 1.30. The number of carbonyl (C=O) groups is 2. The smallest absolute Gasteiger partial charge is 0.314 e. The van der Waals surface area contributed by atoms with Crippen molar-refractivity contribution >= 4 is 11.9 Å². The van der Waals surface area contributed by atoms with E-state index >= 15 is 0 Å². The van der Waals surface area contributed by atoms with Crippen molar-refractivity contribution < 1.29 is 23.5 Å². The lowest BCUT2D eigenvalue weighted by atomic mass is 10.1. The van der Waals surface area contributed by atoms with Crippen LogP contribution in [0.4, 0.5) is 4.79 Å². The van der Waals surface area contributed by atoms with Crippen LogP contribution in [-0.4, -0.2) is 44.8 Å². The summed E-state index contributed by atoms with van der Waals surface area (Å²) >= 11 is 0. The third-order valence-electron chi connectivity index (χ3n) is 3.75. The molecule has 3 amide bonds. The van der Waals surface area contributed by atoms with Gasteiger partial charge in [-0.1, -0.05) is 6.07 Å². The maximum absolute atomic E-state index is 11.7. The van der Waals surface area contributed by atoms with Gasteiger partial charge in [0, 0.05) is 19.6 Å². The Morgan fingerprint density at radius 3 is 2.50 bits per heavy atom. The maximum Gasteiger partial charge on any atom is 0.314 e. The van der Waals surface area contributed by atoms with Gasteiger partial charge in [0.2, 0.25) is 0 Å². The first-order valence-corrected chi connectivity index (χ1v) is 8.44. The van der Waals surface area contributed by atoms with E-state index in [-0.39, 0.29) is 17.7 Å². The summed E-state index contributed by atoms with van der Waals surface area (Å²) in [4.78, 5) is 23.4. The molecule has 3 N–H and O–H groups in total. The Hall–Kier alpha value is -3.16. The maximum atomic E-state index is 11.7. The molecule has 0 fully saturated rings. The molecule has 1 aromatic carbocycles. The quantitative estimate of drug-likeness (QED) is 0.647. The van der Waals surface area contributed by atoms with Gasteiger partial charge in [-0.3, -0.25) is 4.79 Å². The number of rotatable bonds is 7. The molecule has 0 spiro atoms. The Morgan fingerprint density at radius 1 is 0.923 bits per heavy atom. The second-order valence-corrected chi connectivity index (χ2v) is 5.64. The molecule has 2 aromatic rings. The molecule has 0 atom stereocenters. The van der Waals surface area contributed by atoms with Gasteiger partial charge in [0.05, 0.1) is 6.26 Å². The topological polar surface area (TPSA) is 102 Å². The number of amides is 3. The number of benzene rings is 1. The average molecular weight is 359 g/mol. The number of ether oxygens (including phenoxy) is 2. The van der Waals surface area contributed by atoms with E-state index in [1.165, 1.54) is 6.26 Å². The highest BCUT2D eigenvalue weighted by atomic mass is 16.6. The fourth-order valence-electron chi connectivity index (χ4n) is 2.47. The van der Waals surface area contributed by atoms with Crippen LogP contribution in [0.1, 0.15) is 16.1 Å². The van der Waals surface area contributed by atoms with Crippen LogP contribution in [0.2, 0.25) is 0 Å². The normalized spacial score (nSPS) is 12.3. The van der Waals surface area contributed by atoms with Gasteiger partial charge in [-0.05, 0) is 36.2 Å². The monoisotopic (exact) mass is 359 g/mol. The van der Waals surface area contributed by atoms with E-state index in [2.05, 4.69) is 16.0 Å². The molecule has 26 heavy (non-hydrogen) atoms. The second kappa shape index (κ2) is 8.80. The van der Waals surface area contributed by atoms with Gasteiger partial charge in [-0.2, -0.15) is 0 Å². The zero-order valence-corrected chi connectivity index (χ0v) is 14.2. The largest absolute Gasteiger partial charge is 0.486 e. The van der Waals surface area contributed by atoms with Gasteiger partial charge in [0.1, 0.15) is 13.2 Å². The highest BCUT2D eigenvalue weighted by molar-refractivity contribution is 5.91. The van der Waals surface area contributed by atoms with Gasteiger partial charge in [-0.25, -0.2) is 4.79 Å². The molecule has 0 aliphatic carbocycles. The van der Waals surface area contributed by atoms with Crippen LogP contribution < -0.4 is 25.4 Å². The summed E-state index contributed by atoms with van der Waals surface area (Å²) in [6.45, 7) is 2.24. The second-order valence-electron chi connectivity index (χ2n) is 5.64. The Kier molecular flexibility index (Phi) is 5.97. The summed E-state index contributed by atoms with van der Waals surface area (Å²) < 4.78 is 16.0. The summed E-state index contributed by atoms with van der Waals surface area (Å²) in [5.74, 6) is 1.43.